The van der Waals surface area contributed by atoms with E-state index in [9.17, 15) is 5.11 Å². The molecule has 0 fully saturated rings. The van der Waals surface area contributed by atoms with Gasteiger partial charge in [-0.15, -0.1) is 0 Å². The van der Waals surface area contributed by atoms with Crippen molar-refractivity contribution in [3.63, 3.8) is 0 Å². The second kappa shape index (κ2) is 2.27. The molecule has 0 aliphatic carbocycles. The molecular formula is C10H11NO. The zero-order valence-corrected chi connectivity index (χ0v) is 7.20. The fraction of sp³-hybridized carbons (Fsp3) is 0.200. The van der Waals surface area contributed by atoms with Gasteiger partial charge in [0.15, 0.2) is 0 Å². The Morgan fingerprint density at radius 1 is 1.25 bits per heavy atom. The van der Waals surface area contributed by atoms with Crippen LogP contribution in [-0.2, 0) is 7.05 Å². The third-order valence-electron chi connectivity index (χ3n) is 2.27. The number of hydrogen-bond acceptors (Lipinski definition) is 1. The van der Waals surface area contributed by atoms with Gasteiger partial charge >= 0.3 is 0 Å². The summed E-state index contributed by atoms with van der Waals surface area (Å²) in [6.07, 6.45) is 0. The first kappa shape index (κ1) is 7.22. The van der Waals surface area contributed by atoms with Crippen LogP contribution in [0.4, 0.5) is 0 Å². The minimum Gasteiger partial charge on any atom is -0.508 e. The van der Waals surface area contributed by atoms with Crippen molar-refractivity contribution in [3.05, 3.63) is 30.0 Å². The maximum absolute atomic E-state index is 9.25. The Bertz CT molecular complexity index is 429. The lowest BCUT2D eigenvalue weighted by Crippen LogP contribution is -1.88. The molecule has 0 saturated heterocycles. The van der Waals surface area contributed by atoms with Crippen molar-refractivity contribution in [1.82, 2.24) is 4.57 Å². The Balaban J connectivity index is 2.88. The molecule has 0 radical (unpaired) electrons. The summed E-state index contributed by atoms with van der Waals surface area (Å²) in [6, 6.07) is 7.52. The average molecular weight is 161 g/mol. The zero-order chi connectivity index (χ0) is 8.72. The Labute approximate surface area is 71.1 Å². The third kappa shape index (κ3) is 0.881. The number of nitrogens with zero attached hydrogens (tertiary/aromatic N) is 1. The van der Waals surface area contributed by atoms with E-state index in [0.717, 1.165) is 5.52 Å². The number of rotatable bonds is 0. The van der Waals surface area contributed by atoms with Crippen molar-refractivity contribution in [3.8, 4) is 5.75 Å². The van der Waals surface area contributed by atoms with Gasteiger partial charge in [0.25, 0.3) is 0 Å². The highest BCUT2D eigenvalue weighted by Crippen LogP contribution is 2.22. The quantitative estimate of drug-likeness (QED) is 0.629. The molecule has 1 N–H and O–H groups in total. The third-order valence-corrected chi connectivity index (χ3v) is 2.27. The second-order valence-electron chi connectivity index (χ2n) is 3.09. The van der Waals surface area contributed by atoms with Crippen LogP contribution in [0.5, 0.6) is 5.75 Å². The second-order valence-corrected chi connectivity index (χ2v) is 3.09. The minimum absolute atomic E-state index is 0.323. The van der Waals surface area contributed by atoms with Crippen molar-refractivity contribution in [1.29, 1.82) is 0 Å². The Hall–Kier alpha value is -1.44. The molecule has 2 aromatic rings. The van der Waals surface area contributed by atoms with Gasteiger partial charge in [-0.05, 0) is 25.1 Å². The molecule has 2 rings (SSSR count). The standard InChI is InChI=1S/C10H11NO/c1-7-5-8-3-4-9(12)6-10(8)11(7)2/h3-6,12H,1-2H3. The van der Waals surface area contributed by atoms with E-state index in [2.05, 4.69) is 17.6 Å². The van der Waals surface area contributed by atoms with Gasteiger partial charge in [-0.1, -0.05) is 0 Å². The molecule has 12 heavy (non-hydrogen) atoms. The molecule has 0 atom stereocenters. The minimum atomic E-state index is 0.323. The van der Waals surface area contributed by atoms with Gasteiger partial charge in [0.05, 0.1) is 5.52 Å². The smallest absolute Gasteiger partial charge is 0.117 e. The van der Waals surface area contributed by atoms with Crippen LogP contribution in [0.2, 0.25) is 0 Å². The van der Waals surface area contributed by atoms with Crippen LogP contribution in [0.3, 0.4) is 0 Å². The molecule has 0 saturated carbocycles. The number of phenolic OH excluding ortho intramolecular Hbond substituents is 1. The van der Waals surface area contributed by atoms with E-state index in [1.165, 1.54) is 11.1 Å². The molecule has 1 heterocycles. The van der Waals surface area contributed by atoms with Gasteiger partial charge in [0.2, 0.25) is 0 Å². The number of fused-ring (bicyclic) bond motifs is 1. The highest BCUT2D eigenvalue weighted by Gasteiger charge is 2.01. The number of aromatic hydroxyl groups is 1. The van der Waals surface area contributed by atoms with Crippen molar-refractivity contribution in [2.24, 2.45) is 7.05 Å². The Morgan fingerprint density at radius 3 is 2.75 bits per heavy atom. The van der Waals surface area contributed by atoms with Crippen LogP contribution in [-0.4, -0.2) is 9.67 Å². The first-order valence-electron chi connectivity index (χ1n) is 3.93. The summed E-state index contributed by atoms with van der Waals surface area (Å²) >= 11 is 0. The van der Waals surface area contributed by atoms with Crippen molar-refractivity contribution >= 4 is 10.9 Å². The summed E-state index contributed by atoms with van der Waals surface area (Å²) in [5.74, 6) is 0.323. The maximum Gasteiger partial charge on any atom is 0.117 e. The molecule has 0 bridgehead atoms. The summed E-state index contributed by atoms with van der Waals surface area (Å²) in [6.45, 7) is 2.05. The molecular weight excluding hydrogens is 150 g/mol. The lowest BCUT2D eigenvalue weighted by molar-refractivity contribution is 0.476. The van der Waals surface area contributed by atoms with Crippen molar-refractivity contribution < 1.29 is 5.11 Å². The van der Waals surface area contributed by atoms with Gasteiger partial charge < -0.3 is 9.67 Å². The summed E-state index contributed by atoms with van der Waals surface area (Å²) < 4.78 is 2.06. The van der Waals surface area contributed by atoms with E-state index < -0.39 is 0 Å². The highest BCUT2D eigenvalue weighted by atomic mass is 16.3. The lowest BCUT2D eigenvalue weighted by Gasteiger charge is -1.98. The monoisotopic (exact) mass is 161 g/mol. The van der Waals surface area contributed by atoms with E-state index in [1.54, 1.807) is 12.1 Å². The molecule has 1 aromatic carbocycles. The summed E-state index contributed by atoms with van der Waals surface area (Å²) in [4.78, 5) is 0. The molecule has 0 aliphatic rings. The van der Waals surface area contributed by atoms with Crippen LogP contribution < -0.4 is 0 Å². The highest BCUT2D eigenvalue weighted by molar-refractivity contribution is 5.82. The molecule has 0 aliphatic heterocycles. The number of aryl methyl sites for hydroxylation is 2. The maximum atomic E-state index is 9.25. The average Bonchev–Trinajstić information content (AvgIpc) is 2.31. The zero-order valence-electron chi connectivity index (χ0n) is 7.20. The fourth-order valence-corrected chi connectivity index (χ4v) is 1.46. The SMILES string of the molecule is Cc1cc2ccc(O)cc2n1C. The summed E-state index contributed by atoms with van der Waals surface area (Å²) in [5.41, 5.74) is 2.28. The predicted molar refractivity (Wildman–Crippen MR) is 49.3 cm³/mol. The summed E-state index contributed by atoms with van der Waals surface area (Å²) in [7, 11) is 2.00. The fourth-order valence-electron chi connectivity index (χ4n) is 1.46. The predicted octanol–water partition coefficient (Wildman–Crippen LogP) is 2.19. The van der Waals surface area contributed by atoms with Crippen molar-refractivity contribution in [2.75, 3.05) is 0 Å². The molecule has 62 valence electrons. The van der Waals surface area contributed by atoms with Crippen LogP contribution in [0.15, 0.2) is 24.3 Å². The largest absolute Gasteiger partial charge is 0.508 e. The van der Waals surface area contributed by atoms with Gasteiger partial charge in [0, 0.05) is 24.2 Å². The molecule has 2 nitrogen and oxygen atoms in total. The van der Waals surface area contributed by atoms with Gasteiger partial charge in [0.1, 0.15) is 5.75 Å². The number of benzene rings is 1. The van der Waals surface area contributed by atoms with Crippen LogP contribution in [0, 0.1) is 6.92 Å². The normalized spacial score (nSPS) is 10.8. The molecule has 0 unspecified atom stereocenters. The van der Waals surface area contributed by atoms with Crippen LogP contribution in [0.25, 0.3) is 10.9 Å². The van der Waals surface area contributed by atoms with Crippen LogP contribution >= 0.6 is 0 Å². The van der Waals surface area contributed by atoms with E-state index in [-0.39, 0.29) is 0 Å². The molecule has 0 spiro atoms. The van der Waals surface area contributed by atoms with E-state index >= 15 is 0 Å². The molecule has 0 amide bonds. The van der Waals surface area contributed by atoms with Gasteiger partial charge in [-0.3, -0.25) is 0 Å². The van der Waals surface area contributed by atoms with Gasteiger partial charge in [-0.25, -0.2) is 0 Å². The Kier molecular flexibility index (Phi) is 1.37. The Morgan fingerprint density at radius 2 is 2.00 bits per heavy atom. The number of phenols is 1. The first-order chi connectivity index (χ1) is 5.68. The molecule has 1 aromatic heterocycles. The number of hydrogen-bond donors (Lipinski definition) is 1. The van der Waals surface area contributed by atoms with E-state index in [0.29, 0.717) is 5.75 Å². The summed E-state index contributed by atoms with van der Waals surface area (Å²) in [5, 5.41) is 10.4. The van der Waals surface area contributed by atoms with Crippen molar-refractivity contribution in [2.45, 2.75) is 6.92 Å². The topological polar surface area (TPSA) is 25.2 Å². The number of aromatic nitrogens is 1. The van der Waals surface area contributed by atoms with Crippen LogP contribution in [0.1, 0.15) is 5.69 Å². The molecule has 2 heteroatoms. The van der Waals surface area contributed by atoms with E-state index in [4.69, 9.17) is 0 Å². The lowest BCUT2D eigenvalue weighted by atomic mass is 10.2. The first-order valence-corrected chi connectivity index (χ1v) is 3.93. The van der Waals surface area contributed by atoms with Gasteiger partial charge in [-0.2, -0.15) is 0 Å². The van der Waals surface area contributed by atoms with E-state index in [1.807, 2.05) is 13.1 Å².